The van der Waals surface area contributed by atoms with Crippen LogP contribution in [-0.4, -0.2) is 24.6 Å². The molecule has 0 aliphatic rings. The van der Waals surface area contributed by atoms with Gasteiger partial charge in [0.05, 0.1) is 16.5 Å². The lowest BCUT2D eigenvalue weighted by Crippen LogP contribution is -2.13. The van der Waals surface area contributed by atoms with Crippen molar-refractivity contribution >= 4 is 28.2 Å². The van der Waals surface area contributed by atoms with Crippen molar-refractivity contribution in [3.05, 3.63) is 88.6 Å². The maximum absolute atomic E-state index is 13.8. The molecule has 0 atom stereocenters. The summed E-state index contributed by atoms with van der Waals surface area (Å²) >= 11 is 0. The summed E-state index contributed by atoms with van der Waals surface area (Å²) in [4.78, 5) is 24.5. The molecule has 0 saturated heterocycles. The second-order valence-corrected chi connectivity index (χ2v) is 6.99. The first kappa shape index (κ1) is 20.5. The van der Waals surface area contributed by atoms with E-state index in [1.807, 2.05) is 0 Å². The van der Waals surface area contributed by atoms with Crippen molar-refractivity contribution in [3.63, 3.8) is 0 Å². The molecule has 0 radical (unpaired) electrons. The van der Waals surface area contributed by atoms with Crippen LogP contribution in [0.25, 0.3) is 27.9 Å². The van der Waals surface area contributed by atoms with E-state index in [1.165, 1.54) is 48.7 Å². The lowest BCUT2D eigenvalue weighted by atomic mass is 10.1. The molecule has 0 amide bonds. The third kappa shape index (κ3) is 3.73. The van der Waals surface area contributed by atoms with Crippen molar-refractivity contribution in [1.82, 2.24) is 24.6 Å². The highest BCUT2D eigenvalue weighted by molar-refractivity contribution is 5.96. The van der Waals surface area contributed by atoms with Crippen molar-refractivity contribution < 1.29 is 17.6 Å². The quantitative estimate of drug-likeness (QED) is 0.403. The van der Waals surface area contributed by atoms with E-state index >= 15 is 0 Å². The van der Waals surface area contributed by atoms with Crippen LogP contribution in [0.2, 0.25) is 0 Å². The van der Waals surface area contributed by atoms with E-state index in [4.69, 9.17) is 0 Å². The Morgan fingerprint density at radius 1 is 0.939 bits per heavy atom. The zero-order valence-corrected chi connectivity index (χ0v) is 16.5. The Morgan fingerprint density at radius 2 is 1.76 bits per heavy atom. The van der Waals surface area contributed by atoms with Gasteiger partial charge in [-0.1, -0.05) is 24.3 Å². The highest BCUT2D eigenvalue weighted by Gasteiger charge is 2.34. The highest BCUT2D eigenvalue weighted by Crippen LogP contribution is 2.37. The van der Waals surface area contributed by atoms with Crippen molar-refractivity contribution in [2.75, 3.05) is 5.32 Å². The minimum Gasteiger partial charge on any atom is -0.319 e. The third-order valence-corrected chi connectivity index (χ3v) is 4.82. The van der Waals surface area contributed by atoms with Gasteiger partial charge in [0, 0.05) is 11.8 Å². The average molecular weight is 452 g/mol. The lowest BCUT2D eigenvalue weighted by molar-refractivity contribution is -0.136. The predicted molar refractivity (Wildman–Crippen MR) is 112 cm³/mol. The predicted octanol–water partition coefficient (Wildman–Crippen LogP) is 4.60. The van der Waals surface area contributed by atoms with Gasteiger partial charge in [-0.15, -0.1) is 5.10 Å². The smallest absolute Gasteiger partial charge is 0.319 e. The summed E-state index contributed by atoms with van der Waals surface area (Å²) in [6.07, 6.45) is -3.37. The van der Waals surface area contributed by atoms with E-state index in [-0.39, 0.29) is 39.6 Å². The molecule has 0 fully saturated rings. The molecule has 1 N–H and O–H groups in total. The molecule has 164 valence electrons. The van der Waals surface area contributed by atoms with Crippen LogP contribution in [0, 0.1) is 5.82 Å². The van der Waals surface area contributed by atoms with Gasteiger partial charge in [0.25, 0.3) is 5.56 Å². The zero-order chi connectivity index (χ0) is 23.2. The Morgan fingerprint density at radius 3 is 2.55 bits per heavy atom. The Hall–Kier alpha value is -4.41. The number of aromatic nitrogens is 5. The number of hydrogen-bond acceptors (Lipinski definition) is 6. The fraction of sp³-hybridized carbons (Fsp3) is 0.0455. The molecule has 0 unspecified atom stereocenters. The van der Waals surface area contributed by atoms with Crippen molar-refractivity contribution in [2.24, 2.45) is 0 Å². The number of anilines is 2. The van der Waals surface area contributed by atoms with Gasteiger partial charge in [-0.05, 0) is 36.4 Å². The Bertz CT molecular complexity index is 1580. The molecular weight excluding hydrogens is 440 g/mol. The van der Waals surface area contributed by atoms with Gasteiger partial charge in [0.1, 0.15) is 11.5 Å². The minimum absolute atomic E-state index is 0.0112. The molecule has 2 aromatic carbocycles. The van der Waals surface area contributed by atoms with Crippen LogP contribution in [0.4, 0.5) is 29.2 Å². The van der Waals surface area contributed by atoms with Crippen molar-refractivity contribution in [1.29, 1.82) is 0 Å². The average Bonchev–Trinajstić information content (AvgIpc) is 3.13. The van der Waals surface area contributed by atoms with Gasteiger partial charge in [-0.3, -0.25) is 4.79 Å². The lowest BCUT2D eigenvalue weighted by Gasteiger charge is -2.12. The first-order valence-corrected chi connectivity index (χ1v) is 9.56. The second-order valence-electron chi connectivity index (χ2n) is 6.99. The normalized spacial score (nSPS) is 11.8. The van der Waals surface area contributed by atoms with Crippen LogP contribution < -0.4 is 10.9 Å². The van der Waals surface area contributed by atoms with Crippen LogP contribution in [0.5, 0.6) is 0 Å². The minimum atomic E-state index is -4.68. The van der Waals surface area contributed by atoms with Gasteiger partial charge < -0.3 is 5.32 Å². The standard InChI is InChI=1S/C22H12F4N6O/c23-13-6-3-5-12(11-13)18-30-19-17-14(22(24,25)26)7-4-9-15(17)28-21(32(19)31-18)29-16-8-1-2-10-27-20(16)33/h1-11H,(H,27,28,29,33). The van der Waals surface area contributed by atoms with Crippen LogP contribution in [0.3, 0.4) is 0 Å². The topological polar surface area (TPSA) is 85.1 Å². The van der Waals surface area contributed by atoms with E-state index in [9.17, 15) is 22.4 Å². The maximum Gasteiger partial charge on any atom is 0.417 e. The number of alkyl halides is 3. The van der Waals surface area contributed by atoms with E-state index in [0.717, 1.165) is 10.6 Å². The fourth-order valence-corrected chi connectivity index (χ4v) is 3.39. The summed E-state index contributed by atoms with van der Waals surface area (Å²) in [5.74, 6) is -0.623. The molecule has 0 spiro atoms. The summed E-state index contributed by atoms with van der Waals surface area (Å²) < 4.78 is 56.1. The fourth-order valence-electron chi connectivity index (χ4n) is 3.39. The number of fused-ring (bicyclic) bond motifs is 3. The Kier molecular flexibility index (Phi) is 4.73. The van der Waals surface area contributed by atoms with Crippen LogP contribution >= 0.6 is 0 Å². The Balaban J connectivity index is 1.83. The molecule has 3 heterocycles. The Labute approximate surface area is 182 Å². The molecule has 0 aliphatic heterocycles. The second kappa shape index (κ2) is 7.62. The van der Waals surface area contributed by atoms with Crippen molar-refractivity contribution in [2.45, 2.75) is 6.18 Å². The van der Waals surface area contributed by atoms with Crippen LogP contribution in [-0.2, 0) is 6.18 Å². The first-order chi connectivity index (χ1) is 15.8. The molecule has 5 rings (SSSR count). The number of nitrogens with zero attached hydrogens (tertiary/aromatic N) is 5. The molecule has 0 saturated carbocycles. The summed E-state index contributed by atoms with van der Waals surface area (Å²) in [5, 5.41) is 6.77. The monoisotopic (exact) mass is 452 g/mol. The highest BCUT2D eigenvalue weighted by atomic mass is 19.4. The van der Waals surface area contributed by atoms with E-state index in [2.05, 4.69) is 25.4 Å². The van der Waals surface area contributed by atoms with Crippen LogP contribution in [0.1, 0.15) is 5.56 Å². The van der Waals surface area contributed by atoms with Crippen molar-refractivity contribution in [3.8, 4) is 11.4 Å². The largest absolute Gasteiger partial charge is 0.417 e. The number of hydrogen-bond donors (Lipinski definition) is 1. The summed E-state index contributed by atoms with van der Waals surface area (Å²) in [6.45, 7) is 0. The molecular formula is C22H12F4N6O. The number of nitrogens with one attached hydrogen (secondary N) is 1. The molecule has 5 aromatic rings. The van der Waals surface area contributed by atoms with Gasteiger partial charge in [-0.25, -0.2) is 19.3 Å². The molecule has 11 heteroatoms. The molecule has 33 heavy (non-hydrogen) atoms. The summed E-state index contributed by atoms with van der Waals surface area (Å²) in [7, 11) is 0. The number of halogens is 4. The van der Waals surface area contributed by atoms with Gasteiger partial charge in [0.2, 0.25) is 5.95 Å². The molecule has 3 aromatic heterocycles. The van der Waals surface area contributed by atoms with Gasteiger partial charge in [-0.2, -0.15) is 17.7 Å². The summed E-state index contributed by atoms with van der Waals surface area (Å²) in [6, 6.07) is 13.5. The van der Waals surface area contributed by atoms with Crippen LogP contribution in [0.15, 0.2) is 71.7 Å². The number of benzene rings is 2. The van der Waals surface area contributed by atoms with Gasteiger partial charge in [0.15, 0.2) is 11.5 Å². The maximum atomic E-state index is 13.8. The molecule has 0 aliphatic carbocycles. The van der Waals surface area contributed by atoms with E-state index in [0.29, 0.717) is 0 Å². The van der Waals surface area contributed by atoms with E-state index in [1.54, 1.807) is 12.1 Å². The SMILES string of the molecule is O=c1nccccc1Nc1nc2cccc(C(F)(F)F)c2c2nc(-c3cccc(F)c3)nn12. The molecule has 0 bridgehead atoms. The first-order valence-electron chi connectivity index (χ1n) is 9.56. The number of rotatable bonds is 3. The zero-order valence-electron chi connectivity index (χ0n) is 16.5. The third-order valence-electron chi connectivity index (χ3n) is 4.82. The van der Waals surface area contributed by atoms with Gasteiger partial charge >= 0.3 is 6.18 Å². The van der Waals surface area contributed by atoms with E-state index < -0.39 is 23.1 Å². The summed E-state index contributed by atoms with van der Waals surface area (Å²) in [5.41, 5.74) is -1.43. The molecule has 7 nitrogen and oxygen atoms in total.